The van der Waals surface area contributed by atoms with E-state index in [0.717, 1.165) is 0 Å². The van der Waals surface area contributed by atoms with Crippen molar-refractivity contribution in [2.45, 2.75) is 13.3 Å². The van der Waals surface area contributed by atoms with Gasteiger partial charge < -0.3 is 5.73 Å². The van der Waals surface area contributed by atoms with Crippen molar-refractivity contribution in [1.29, 1.82) is 0 Å². The molecule has 0 spiro atoms. The Balaban J connectivity index is 2.27. The van der Waals surface area contributed by atoms with Crippen molar-refractivity contribution in [2.24, 2.45) is 11.7 Å². The van der Waals surface area contributed by atoms with Crippen molar-refractivity contribution < 1.29 is 9.59 Å². The zero-order valence-electron chi connectivity index (χ0n) is 8.88. The van der Waals surface area contributed by atoms with E-state index in [0.29, 0.717) is 18.1 Å². The van der Waals surface area contributed by atoms with E-state index in [1.807, 2.05) is 0 Å². The molecule has 1 atom stereocenters. The predicted octanol–water partition coefficient (Wildman–Crippen LogP) is -0.377. The predicted molar refractivity (Wildman–Crippen MR) is 56.4 cm³/mol. The third kappa shape index (κ3) is 1.73. The lowest BCUT2D eigenvalue weighted by Gasteiger charge is -2.16. The third-order valence-corrected chi connectivity index (χ3v) is 2.64. The van der Waals surface area contributed by atoms with E-state index in [1.54, 1.807) is 13.1 Å². The zero-order chi connectivity index (χ0) is 11.7. The van der Waals surface area contributed by atoms with Gasteiger partial charge in [0.1, 0.15) is 0 Å². The molecule has 0 radical (unpaired) electrons. The highest BCUT2D eigenvalue weighted by molar-refractivity contribution is 5.99. The first-order valence-electron chi connectivity index (χ1n) is 4.97. The average molecular weight is 220 g/mol. The Morgan fingerprint density at radius 2 is 2.19 bits per heavy atom. The van der Waals surface area contributed by atoms with Crippen LogP contribution < -0.4 is 10.6 Å². The van der Waals surface area contributed by atoms with E-state index in [9.17, 15) is 9.59 Å². The number of carbonyl (C=O) groups excluding carboxylic acids is 2. The highest BCUT2D eigenvalue weighted by Crippen LogP contribution is 2.24. The van der Waals surface area contributed by atoms with Gasteiger partial charge in [0.15, 0.2) is 5.82 Å². The number of aromatic nitrogens is 2. The minimum Gasteiger partial charge on any atom is -0.369 e. The van der Waals surface area contributed by atoms with Crippen LogP contribution in [0.1, 0.15) is 12.1 Å². The smallest absolute Gasteiger partial charge is 0.229 e. The van der Waals surface area contributed by atoms with E-state index in [-0.39, 0.29) is 12.3 Å². The number of primary amides is 1. The molecule has 1 aromatic heterocycles. The molecule has 1 aliphatic heterocycles. The van der Waals surface area contributed by atoms with Gasteiger partial charge in [-0.1, -0.05) is 0 Å². The molecule has 84 valence electrons. The van der Waals surface area contributed by atoms with Crippen molar-refractivity contribution in [3.63, 3.8) is 0 Å². The molecule has 6 nitrogen and oxygen atoms in total. The van der Waals surface area contributed by atoms with Gasteiger partial charge >= 0.3 is 0 Å². The lowest BCUT2D eigenvalue weighted by molar-refractivity contribution is -0.123. The van der Waals surface area contributed by atoms with Crippen LogP contribution in [-0.2, 0) is 9.59 Å². The molecule has 16 heavy (non-hydrogen) atoms. The van der Waals surface area contributed by atoms with Gasteiger partial charge in [0.2, 0.25) is 11.8 Å². The van der Waals surface area contributed by atoms with E-state index in [1.165, 1.54) is 11.1 Å². The maximum absolute atomic E-state index is 11.7. The molecule has 2 amide bonds. The fourth-order valence-corrected chi connectivity index (χ4v) is 1.77. The molecule has 1 aliphatic rings. The van der Waals surface area contributed by atoms with Crippen LogP contribution in [0.5, 0.6) is 0 Å². The van der Waals surface area contributed by atoms with Crippen molar-refractivity contribution in [3.05, 3.63) is 18.1 Å². The van der Waals surface area contributed by atoms with Crippen LogP contribution in [0.25, 0.3) is 0 Å². The Morgan fingerprint density at radius 1 is 1.50 bits per heavy atom. The second-order valence-electron chi connectivity index (χ2n) is 3.77. The topological polar surface area (TPSA) is 89.2 Å². The van der Waals surface area contributed by atoms with Gasteiger partial charge in [0.25, 0.3) is 0 Å². The van der Waals surface area contributed by atoms with Gasteiger partial charge in [-0.2, -0.15) is 0 Å². The zero-order valence-corrected chi connectivity index (χ0v) is 8.88. The summed E-state index contributed by atoms with van der Waals surface area (Å²) in [5.74, 6) is -0.491. The normalized spacial score (nSPS) is 20.2. The number of carbonyl (C=O) groups is 2. The molecular weight excluding hydrogens is 208 g/mol. The largest absolute Gasteiger partial charge is 0.369 e. The van der Waals surface area contributed by atoms with Gasteiger partial charge in [0.05, 0.1) is 11.6 Å². The van der Waals surface area contributed by atoms with Gasteiger partial charge in [-0.25, -0.2) is 4.98 Å². The second-order valence-corrected chi connectivity index (χ2v) is 3.77. The molecule has 0 bridgehead atoms. The summed E-state index contributed by atoms with van der Waals surface area (Å²) in [5, 5.41) is 0. The number of hydrogen-bond donors (Lipinski definition) is 1. The first-order chi connectivity index (χ1) is 7.59. The summed E-state index contributed by atoms with van der Waals surface area (Å²) in [5.41, 5.74) is 5.85. The number of nitrogens with zero attached hydrogens (tertiary/aromatic N) is 3. The SMILES string of the molecule is Cc1nccnc1N1CC(C(N)=O)CC1=O. The van der Waals surface area contributed by atoms with E-state index in [2.05, 4.69) is 9.97 Å². The van der Waals surface area contributed by atoms with Gasteiger partial charge in [0, 0.05) is 25.4 Å². The number of nitrogens with two attached hydrogens (primary N) is 1. The van der Waals surface area contributed by atoms with Crippen molar-refractivity contribution >= 4 is 17.6 Å². The van der Waals surface area contributed by atoms with Gasteiger partial charge in [-0.3, -0.25) is 19.5 Å². The number of anilines is 1. The van der Waals surface area contributed by atoms with Crippen LogP contribution in [0, 0.1) is 12.8 Å². The molecule has 0 aromatic carbocycles. The van der Waals surface area contributed by atoms with Crippen molar-refractivity contribution in [1.82, 2.24) is 9.97 Å². The molecule has 1 aromatic rings. The molecule has 6 heteroatoms. The lowest BCUT2D eigenvalue weighted by atomic mass is 10.1. The van der Waals surface area contributed by atoms with Crippen LogP contribution in [0.15, 0.2) is 12.4 Å². The standard InChI is InChI=1S/C10H12N4O2/c1-6-10(13-3-2-12-6)14-5-7(9(11)16)4-8(14)15/h2-3,7H,4-5H2,1H3,(H2,11,16). The molecule has 1 saturated heterocycles. The summed E-state index contributed by atoms with van der Waals surface area (Å²) < 4.78 is 0. The fraction of sp³-hybridized carbons (Fsp3) is 0.400. The van der Waals surface area contributed by atoms with Gasteiger partial charge in [-0.05, 0) is 6.92 Å². The summed E-state index contributed by atoms with van der Waals surface area (Å²) in [6.45, 7) is 2.07. The summed E-state index contributed by atoms with van der Waals surface area (Å²) in [6, 6.07) is 0. The summed E-state index contributed by atoms with van der Waals surface area (Å²) >= 11 is 0. The molecule has 2 rings (SSSR count). The van der Waals surface area contributed by atoms with Crippen LogP contribution >= 0.6 is 0 Å². The fourth-order valence-electron chi connectivity index (χ4n) is 1.77. The first-order valence-corrected chi connectivity index (χ1v) is 4.97. The summed E-state index contributed by atoms with van der Waals surface area (Å²) in [7, 11) is 0. The van der Waals surface area contributed by atoms with E-state index >= 15 is 0 Å². The second kappa shape index (κ2) is 3.88. The summed E-state index contributed by atoms with van der Waals surface area (Å²) in [6.07, 6.45) is 3.24. The molecule has 1 fully saturated rings. The molecule has 2 N–H and O–H groups in total. The average Bonchev–Trinajstić information content (AvgIpc) is 2.61. The molecule has 1 unspecified atom stereocenters. The number of aryl methyl sites for hydroxylation is 1. The van der Waals surface area contributed by atoms with Crippen LogP contribution in [0.4, 0.5) is 5.82 Å². The highest BCUT2D eigenvalue weighted by Gasteiger charge is 2.35. The Morgan fingerprint density at radius 3 is 2.75 bits per heavy atom. The molecule has 2 heterocycles. The number of hydrogen-bond acceptors (Lipinski definition) is 4. The molecular formula is C10H12N4O2. The van der Waals surface area contributed by atoms with Crippen LogP contribution in [0.2, 0.25) is 0 Å². The van der Waals surface area contributed by atoms with E-state index in [4.69, 9.17) is 5.73 Å². The third-order valence-electron chi connectivity index (χ3n) is 2.64. The number of rotatable bonds is 2. The molecule has 0 saturated carbocycles. The minimum absolute atomic E-state index is 0.132. The maximum Gasteiger partial charge on any atom is 0.229 e. The number of amides is 2. The van der Waals surface area contributed by atoms with Crippen molar-refractivity contribution in [3.8, 4) is 0 Å². The van der Waals surface area contributed by atoms with Crippen molar-refractivity contribution in [2.75, 3.05) is 11.4 Å². The maximum atomic E-state index is 11.7. The Bertz CT molecular complexity index is 446. The monoisotopic (exact) mass is 220 g/mol. The summed E-state index contributed by atoms with van der Waals surface area (Å²) in [4.78, 5) is 32.3. The quantitative estimate of drug-likeness (QED) is 0.735. The first kappa shape index (κ1) is 10.5. The Labute approximate surface area is 92.5 Å². The highest BCUT2D eigenvalue weighted by atomic mass is 16.2. The lowest BCUT2D eigenvalue weighted by Crippen LogP contribution is -2.29. The van der Waals surface area contributed by atoms with Crippen LogP contribution in [0.3, 0.4) is 0 Å². The van der Waals surface area contributed by atoms with Crippen LogP contribution in [-0.4, -0.2) is 28.3 Å². The minimum atomic E-state index is -0.447. The van der Waals surface area contributed by atoms with E-state index < -0.39 is 11.8 Å². The Hall–Kier alpha value is -1.98. The Kier molecular flexibility index (Phi) is 2.55. The molecule has 0 aliphatic carbocycles. The van der Waals surface area contributed by atoms with Gasteiger partial charge in [-0.15, -0.1) is 0 Å².